The van der Waals surface area contributed by atoms with Gasteiger partial charge >= 0.3 is 0 Å². The fourth-order valence-corrected chi connectivity index (χ4v) is 2.40. The summed E-state index contributed by atoms with van der Waals surface area (Å²) in [5.41, 5.74) is 2.22. The van der Waals surface area contributed by atoms with E-state index in [0.29, 0.717) is 5.92 Å². The molecule has 0 radical (unpaired) electrons. The Morgan fingerprint density at radius 2 is 1.63 bits per heavy atom. The van der Waals surface area contributed by atoms with Crippen LogP contribution in [-0.4, -0.2) is 32.3 Å². The Bertz CT molecular complexity index is 351. The molecule has 0 aromatic heterocycles. The second-order valence-electron chi connectivity index (χ2n) is 5.02. The normalized spacial score (nSPS) is 17.0. The van der Waals surface area contributed by atoms with Crippen molar-refractivity contribution in [3.8, 4) is 0 Å². The summed E-state index contributed by atoms with van der Waals surface area (Å²) < 4.78 is 0. The highest BCUT2D eigenvalue weighted by atomic mass is 35.5. The Kier molecular flexibility index (Phi) is 8.42. The minimum atomic E-state index is -0.312. The van der Waals surface area contributed by atoms with Crippen LogP contribution in [0.15, 0.2) is 24.3 Å². The third-order valence-corrected chi connectivity index (χ3v) is 3.58. The van der Waals surface area contributed by atoms with Gasteiger partial charge in [-0.3, -0.25) is 0 Å². The first-order valence-corrected chi connectivity index (χ1v) is 6.34. The van der Waals surface area contributed by atoms with Crippen molar-refractivity contribution < 1.29 is 5.11 Å². The summed E-state index contributed by atoms with van der Waals surface area (Å²) >= 11 is 0. The van der Waals surface area contributed by atoms with Crippen LogP contribution in [0.1, 0.15) is 24.5 Å². The maximum Gasteiger partial charge on any atom is 0.0819 e. The van der Waals surface area contributed by atoms with Crippen molar-refractivity contribution in [2.75, 3.05) is 32.1 Å². The van der Waals surface area contributed by atoms with Crippen LogP contribution in [0.25, 0.3) is 0 Å². The van der Waals surface area contributed by atoms with Gasteiger partial charge in [0.1, 0.15) is 0 Å². The summed E-state index contributed by atoms with van der Waals surface area (Å²) in [6, 6.07) is 8.23. The van der Waals surface area contributed by atoms with Crippen LogP contribution in [0, 0.1) is 5.92 Å². The van der Waals surface area contributed by atoms with Gasteiger partial charge in [0.15, 0.2) is 0 Å². The number of aliphatic hydroxyl groups excluding tert-OH is 1. The van der Waals surface area contributed by atoms with E-state index in [4.69, 9.17) is 0 Å². The molecule has 0 bridgehead atoms. The van der Waals surface area contributed by atoms with E-state index in [-0.39, 0.29) is 30.9 Å². The Labute approximate surface area is 128 Å². The predicted molar refractivity (Wildman–Crippen MR) is 85.8 cm³/mol. The maximum absolute atomic E-state index is 10.3. The largest absolute Gasteiger partial charge is 0.388 e. The zero-order valence-corrected chi connectivity index (χ0v) is 13.1. The number of anilines is 1. The van der Waals surface area contributed by atoms with Crippen molar-refractivity contribution in [3.63, 3.8) is 0 Å². The van der Waals surface area contributed by atoms with Crippen LogP contribution in [0.3, 0.4) is 0 Å². The van der Waals surface area contributed by atoms with Crippen LogP contribution >= 0.6 is 24.8 Å². The van der Waals surface area contributed by atoms with Crippen molar-refractivity contribution in [1.29, 1.82) is 0 Å². The molecule has 3 nitrogen and oxygen atoms in total. The monoisotopic (exact) mass is 306 g/mol. The predicted octanol–water partition coefficient (Wildman–Crippen LogP) is 2.63. The highest BCUT2D eigenvalue weighted by Crippen LogP contribution is 2.29. The van der Waals surface area contributed by atoms with E-state index >= 15 is 0 Å². The SMILES string of the molecule is CN(C)c1ccc(C(O)C2CCNCC2)cc1.Cl.Cl. The summed E-state index contributed by atoms with van der Waals surface area (Å²) in [7, 11) is 4.05. The number of nitrogens with zero attached hydrogens (tertiary/aromatic N) is 1. The molecule has 5 heteroatoms. The van der Waals surface area contributed by atoms with Gasteiger partial charge in [0.05, 0.1) is 6.10 Å². The van der Waals surface area contributed by atoms with Crippen LogP contribution in [0.4, 0.5) is 5.69 Å². The quantitative estimate of drug-likeness (QED) is 0.901. The van der Waals surface area contributed by atoms with Crippen molar-refractivity contribution in [1.82, 2.24) is 5.32 Å². The zero-order chi connectivity index (χ0) is 12.3. The molecule has 1 unspecified atom stereocenters. The molecule has 1 aliphatic rings. The molecule has 2 N–H and O–H groups in total. The molecule has 0 saturated carbocycles. The molecule has 19 heavy (non-hydrogen) atoms. The van der Waals surface area contributed by atoms with E-state index in [0.717, 1.165) is 31.5 Å². The van der Waals surface area contributed by atoms with Crippen LogP contribution in [0.2, 0.25) is 0 Å². The van der Waals surface area contributed by atoms with Crippen LogP contribution in [-0.2, 0) is 0 Å². The molecule has 110 valence electrons. The second kappa shape index (κ2) is 8.64. The van der Waals surface area contributed by atoms with Gasteiger partial charge in [-0.15, -0.1) is 24.8 Å². The Morgan fingerprint density at radius 3 is 2.11 bits per heavy atom. The lowest BCUT2D eigenvalue weighted by Crippen LogP contribution is -2.30. The Hall–Kier alpha value is -0.480. The highest BCUT2D eigenvalue weighted by Gasteiger charge is 2.22. The van der Waals surface area contributed by atoms with Crippen molar-refractivity contribution in [2.24, 2.45) is 5.92 Å². The van der Waals surface area contributed by atoms with Crippen molar-refractivity contribution in [3.05, 3.63) is 29.8 Å². The lowest BCUT2D eigenvalue weighted by atomic mass is 9.88. The molecule has 0 spiro atoms. The molecule has 2 rings (SSSR count). The van der Waals surface area contributed by atoms with E-state index in [1.54, 1.807) is 0 Å². The minimum absolute atomic E-state index is 0. The van der Waals surface area contributed by atoms with Crippen LogP contribution < -0.4 is 10.2 Å². The van der Waals surface area contributed by atoms with E-state index in [2.05, 4.69) is 22.3 Å². The fourth-order valence-electron chi connectivity index (χ4n) is 2.40. The molecule has 1 aromatic rings. The number of hydrogen-bond donors (Lipinski definition) is 2. The molecule has 1 aliphatic heterocycles. The van der Waals surface area contributed by atoms with Gasteiger partial charge in [-0.05, 0) is 49.5 Å². The van der Waals surface area contributed by atoms with E-state index < -0.39 is 0 Å². The van der Waals surface area contributed by atoms with Gasteiger partial charge in [0.2, 0.25) is 0 Å². The Balaban J connectivity index is 0.00000162. The number of rotatable bonds is 3. The number of nitrogens with one attached hydrogen (secondary N) is 1. The second-order valence-corrected chi connectivity index (χ2v) is 5.02. The lowest BCUT2D eigenvalue weighted by molar-refractivity contribution is 0.0889. The highest BCUT2D eigenvalue weighted by molar-refractivity contribution is 5.85. The van der Waals surface area contributed by atoms with Gasteiger partial charge in [-0.1, -0.05) is 12.1 Å². The summed E-state index contributed by atoms with van der Waals surface area (Å²) in [6.45, 7) is 2.05. The summed E-state index contributed by atoms with van der Waals surface area (Å²) in [5.74, 6) is 0.404. The number of benzene rings is 1. The van der Waals surface area contributed by atoms with Gasteiger partial charge < -0.3 is 15.3 Å². The average molecular weight is 307 g/mol. The first-order chi connectivity index (χ1) is 8.18. The number of aliphatic hydroxyl groups is 1. The Morgan fingerprint density at radius 1 is 1.11 bits per heavy atom. The molecular weight excluding hydrogens is 283 g/mol. The molecule has 1 atom stereocenters. The molecule has 1 saturated heterocycles. The summed E-state index contributed by atoms with van der Waals surface area (Å²) in [6.07, 6.45) is 1.82. The third-order valence-electron chi connectivity index (χ3n) is 3.58. The molecule has 0 amide bonds. The maximum atomic E-state index is 10.3. The average Bonchev–Trinajstić information content (AvgIpc) is 2.39. The van der Waals surface area contributed by atoms with E-state index in [1.165, 1.54) is 5.69 Å². The van der Waals surface area contributed by atoms with Gasteiger partial charge in [0, 0.05) is 19.8 Å². The van der Waals surface area contributed by atoms with Gasteiger partial charge in [0.25, 0.3) is 0 Å². The smallest absolute Gasteiger partial charge is 0.0819 e. The molecular formula is C14H24Cl2N2O. The zero-order valence-electron chi connectivity index (χ0n) is 11.5. The van der Waals surface area contributed by atoms with Crippen molar-refractivity contribution >= 4 is 30.5 Å². The molecule has 1 heterocycles. The molecule has 1 fully saturated rings. The number of halogens is 2. The van der Waals surface area contributed by atoms with E-state index in [1.807, 2.05) is 26.2 Å². The number of piperidine rings is 1. The lowest BCUT2D eigenvalue weighted by Gasteiger charge is -2.27. The van der Waals surface area contributed by atoms with Gasteiger partial charge in [-0.25, -0.2) is 0 Å². The fraction of sp³-hybridized carbons (Fsp3) is 0.571. The van der Waals surface area contributed by atoms with E-state index in [9.17, 15) is 5.11 Å². The first-order valence-electron chi connectivity index (χ1n) is 6.34. The van der Waals surface area contributed by atoms with Crippen LogP contribution in [0.5, 0.6) is 0 Å². The summed E-state index contributed by atoms with van der Waals surface area (Å²) in [4.78, 5) is 2.07. The minimum Gasteiger partial charge on any atom is -0.388 e. The van der Waals surface area contributed by atoms with Gasteiger partial charge in [-0.2, -0.15) is 0 Å². The first kappa shape index (κ1) is 18.5. The van der Waals surface area contributed by atoms with Crippen molar-refractivity contribution in [2.45, 2.75) is 18.9 Å². The molecule has 0 aliphatic carbocycles. The summed E-state index contributed by atoms with van der Waals surface area (Å²) in [5, 5.41) is 13.7. The number of hydrogen-bond acceptors (Lipinski definition) is 3. The molecule has 1 aromatic carbocycles. The topological polar surface area (TPSA) is 35.5 Å². The third kappa shape index (κ3) is 4.84. The standard InChI is InChI=1S/C14H22N2O.2ClH/c1-16(2)13-5-3-11(4-6-13)14(17)12-7-9-15-10-8-12;;/h3-6,12,14-15,17H,7-10H2,1-2H3;2*1H.